The number of aryl methyl sites for hydroxylation is 2. The van der Waals surface area contributed by atoms with Gasteiger partial charge in [0.2, 0.25) is 5.95 Å². The van der Waals surface area contributed by atoms with E-state index < -0.39 is 5.97 Å². The molecule has 30 heavy (non-hydrogen) atoms. The second-order valence-corrected chi connectivity index (χ2v) is 8.80. The van der Waals surface area contributed by atoms with Crippen molar-refractivity contribution in [2.75, 3.05) is 12.3 Å². The maximum absolute atomic E-state index is 12.2. The molecule has 0 saturated heterocycles. The zero-order valence-electron chi connectivity index (χ0n) is 17.9. The molecule has 0 aromatic carbocycles. The molecule has 2 fully saturated rings. The van der Waals surface area contributed by atoms with Crippen LogP contribution in [0, 0.1) is 31.6 Å². The van der Waals surface area contributed by atoms with E-state index in [1.54, 1.807) is 4.52 Å². The Kier molecular flexibility index (Phi) is 5.62. The third-order valence-electron chi connectivity index (χ3n) is 6.83. The average molecular weight is 415 g/mol. The first-order valence-electron chi connectivity index (χ1n) is 10.7. The number of nitrogens with one attached hydrogen (secondary N) is 1. The Morgan fingerprint density at radius 2 is 2.07 bits per heavy atom. The molecule has 1 amide bonds. The maximum atomic E-state index is 12.2. The van der Waals surface area contributed by atoms with E-state index in [1.807, 2.05) is 13.8 Å². The van der Waals surface area contributed by atoms with E-state index in [9.17, 15) is 9.59 Å². The summed E-state index contributed by atoms with van der Waals surface area (Å²) in [5.41, 5.74) is 8.16. The number of carbonyl (C=O) groups excluding carboxylic acids is 2. The monoisotopic (exact) mass is 414 g/mol. The number of esters is 1. The summed E-state index contributed by atoms with van der Waals surface area (Å²) in [4.78, 5) is 32.9. The van der Waals surface area contributed by atoms with Crippen molar-refractivity contribution in [3.63, 3.8) is 0 Å². The summed E-state index contributed by atoms with van der Waals surface area (Å²) >= 11 is 0. The van der Waals surface area contributed by atoms with Gasteiger partial charge in [-0.15, -0.1) is 5.10 Å². The molecule has 3 N–H and O–H groups in total. The summed E-state index contributed by atoms with van der Waals surface area (Å²) in [5.74, 6) is 2.10. The Morgan fingerprint density at radius 3 is 2.77 bits per heavy atom. The summed E-state index contributed by atoms with van der Waals surface area (Å²) in [5, 5.41) is 7.15. The van der Waals surface area contributed by atoms with Gasteiger partial charge >= 0.3 is 5.97 Å². The largest absolute Gasteiger partial charge is 0.456 e. The van der Waals surface area contributed by atoms with Crippen LogP contribution < -0.4 is 11.1 Å². The minimum absolute atomic E-state index is 0.129. The number of hydrogen-bond donors (Lipinski definition) is 2. The van der Waals surface area contributed by atoms with Gasteiger partial charge in [0, 0.05) is 23.9 Å². The molecule has 9 heteroatoms. The van der Waals surface area contributed by atoms with E-state index in [2.05, 4.69) is 27.3 Å². The van der Waals surface area contributed by atoms with E-state index >= 15 is 0 Å². The van der Waals surface area contributed by atoms with Crippen molar-refractivity contribution in [3.8, 4) is 0 Å². The predicted molar refractivity (Wildman–Crippen MR) is 110 cm³/mol. The fourth-order valence-electron chi connectivity index (χ4n) is 5.34. The van der Waals surface area contributed by atoms with Gasteiger partial charge in [-0.05, 0) is 69.8 Å². The minimum Gasteiger partial charge on any atom is -0.456 e. The molecule has 2 aliphatic carbocycles. The SMILES string of the molecule is Cc1nc2nc(N)nn2c(C)c1CCC(=O)OCC(=O)NC(C)C1CC2CCC1C2. The Labute approximate surface area is 175 Å². The molecule has 2 heterocycles. The lowest BCUT2D eigenvalue weighted by Crippen LogP contribution is -2.42. The van der Waals surface area contributed by atoms with Crippen LogP contribution in [-0.2, 0) is 20.7 Å². The first-order valence-corrected chi connectivity index (χ1v) is 10.7. The van der Waals surface area contributed by atoms with Gasteiger partial charge in [0.25, 0.3) is 11.7 Å². The lowest BCUT2D eigenvalue weighted by molar-refractivity contribution is -0.148. The Bertz CT molecular complexity index is 971. The van der Waals surface area contributed by atoms with Gasteiger partial charge in [-0.1, -0.05) is 6.42 Å². The van der Waals surface area contributed by atoms with Crippen molar-refractivity contribution in [2.45, 2.75) is 65.3 Å². The molecule has 0 radical (unpaired) electrons. The fraction of sp³-hybridized carbons (Fsp3) is 0.667. The normalized spacial score (nSPS) is 23.6. The zero-order chi connectivity index (χ0) is 21.4. The Hall–Kier alpha value is -2.71. The predicted octanol–water partition coefficient (Wildman–Crippen LogP) is 1.74. The zero-order valence-corrected chi connectivity index (χ0v) is 17.9. The number of nitrogens with two attached hydrogens (primary N) is 1. The molecule has 162 valence electrons. The topological polar surface area (TPSA) is 124 Å². The first-order chi connectivity index (χ1) is 14.3. The molecule has 9 nitrogen and oxygen atoms in total. The Morgan fingerprint density at radius 1 is 1.27 bits per heavy atom. The second kappa shape index (κ2) is 8.20. The molecule has 0 spiro atoms. The summed E-state index contributed by atoms with van der Waals surface area (Å²) in [7, 11) is 0. The standard InChI is InChI=1S/C21H30N6O3/c1-11-16(13(3)27-21(24-11)25-20(22)26-27)6-7-19(29)30-10-18(28)23-12(2)17-9-14-4-5-15(17)8-14/h12,14-15,17H,4-10H2,1-3H3,(H2,22,26)(H,23,28). The van der Waals surface area contributed by atoms with Gasteiger partial charge in [-0.3, -0.25) is 9.59 Å². The fourth-order valence-corrected chi connectivity index (χ4v) is 5.34. The van der Waals surface area contributed by atoms with E-state index in [1.165, 1.54) is 25.7 Å². The number of rotatable bonds is 7. The highest BCUT2D eigenvalue weighted by atomic mass is 16.5. The van der Waals surface area contributed by atoms with Crippen LogP contribution in [0.2, 0.25) is 0 Å². The van der Waals surface area contributed by atoms with Crippen LogP contribution in [-0.4, -0.2) is 44.1 Å². The van der Waals surface area contributed by atoms with Crippen molar-refractivity contribution in [3.05, 3.63) is 17.0 Å². The summed E-state index contributed by atoms with van der Waals surface area (Å²) in [6, 6.07) is 0.129. The van der Waals surface area contributed by atoms with Crippen LogP contribution in [0.15, 0.2) is 0 Å². The van der Waals surface area contributed by atoms with Gasteiger partial charge in [0.1, 0.15) is 0 Å². The molecule has 2 aromatic heterocycles. The van der Waals surface area contributed by atoms with Crippen LogP contribution in [0.4, 0.5) is 5.95 Å². The number of nitrogens with zero attached hydrogens (tertiary/aromatic N) is 4. The number of ether oxygens (including phenoxy) is 1. The molecule has 2 aromatic rings. The highest BCUT2D eigenvalue weighted by Gasteiger charge is 2.42. The van der Waals surface area contributed by atoms with Gasteiger partial charge in [-0.25, -0.2) is 4.98 Å². The summed E-state index contributed by atoms with van der Waals surface area (Å²) in [6.07, 6.45) is 5.74. The number of fused-ring (bicyclic) bond motifs is 3. The molecule has 2 saturated carbocycles. The van der Waals surface area contributed by atoms with E-state index in [0.29, 0.717) is 18.1 Å². The number of amides is 1. The highest BCUT2D eigenvalue weighted by molar-refractivity contribution is 5.80. The molecule has 2 bridgehead atoms. The lowest BCUT2D eigenvalue weighted by Gasteiger charge is -2.28. The smallest absolute Gasteiger partial charge is 0.306 e. The third-order valence-corrected chi connectivity index (χ3v) is 6.83. The van der Waals surface area contributed by atoms with E-state index in [4.69, 9.17) is 10.5 Å². The molecule has 2 aliphatic rings. The van der Waals surface area contributed by atoms with Crippen LogP contribution >= 0.6 is 0 Å². The minimum atomic E-state index is -0.408. The van der Waals surface area contributed by atoms with Crippen LogP contribution in [0.3, 0.4) is 0 Å². The van der Waals surface area contributed by atoms with E-state index in [-0.39, 0.29) is 30.9 Å². The maximum Gasteiger partial charge on any atom is 0.306 e. The first kappa shape index (κ1) is 20.6. The molecule has 0 aliphatic heterocycles. The lowest BCUT2D eigenvalue weighted by atomic mass is 9.84. The van der Waals surface area contributed by atoms with Gasteiger partial charge < -0.3 is 15.8 Å². The van der Waals surface area contributed by atoms with E-state index in [0.717, 1.165) is 28.8 Å². The summed E-state index contributed by atoms with van der Waals surface area (Å²) in [6.45, 7) is 5.58. The number of anilines is 1. The number of aromatic nitrogens is 4. The highest BCUT2D eigenvalue weighted by Crippen LogP contribution is 2.49. The van der Waals surface area contributed by atoms with Gasteiger partial charge in [-0.2, -0.15) is 9.50 Å². The van der Waals surface area contributed by atoms with Crippen molar-refractivity contribution in [2.24, 2.45) is 17.8 Å². The molecular weight excluding hydrogens is 384 g/mol. The quantitative estimate of drug-likeness (QED) is 0.661. The second-order valence-electron chi connectivity index (χ2n) is 8.80. The van der Waals surface area contributed by atoms with Crippen LogP contribution in [0.5, 0.6) is 0 Å². The van der Waals surface area contributed by atoms with Crippen molar-refractivity contribution < 1.29 is 14.3 Å². The van der Waals surface area contributed by atoms with Crippen LogP contribution in [0.25, 0.3) is 5.78 Å². The molecular formula is C21H30N6O3. The third kappa shape index (κ3) is 4.11. The average Bonchev–Trinajstić information content (AvgIpc) is 3.41. The molecule has 4 unspecified atom stereocenters. The van der Waals surface area contributed by atoms with Crippen molar-refractivity contribution in [1.29, 1.82) is 0 Å². The molecule has 4 atom stereocenters. The van der Waals surface area contributed by atoms with Crippen LogP contribution in [0.1, 0.15) is 56.0 Å². The number of carbonyl (C=O) groups is 2. The summed E-state index contributed by atoms with van der Waals surface area (Å²) < 4.78 is 6.77. The van der Waals surface area contributed by atoms with Gasteiger partial charge in [0.15, 0.2) is 6.61 Å². The Balaban J connectivity index is 1.25. The van der Waals surface area contributed by atoms with Crippen molar-refractivity contribution >= 4 is 23.6 Å². The number of hydrogen-bond acceptors (Lipinski definition) is 7. The van der Waals surface area contributed by atoms with Crippen molar-refractivity contribution in [1.82, 2.24) is 24.9 Å². The van der Waals surface area contributed by atoms with Gasteiger partial charge in [0.05, 0.1) is 0 Å². The number of nitrogen functional groups attached to an aromatic ring is 1. The molecule has 4 rings (SSSR count).